The molecular formula is C22H34N6O2S. The fourth-order valence-electron chi connectivity index (χ4n) is 4.33. The van der Waals surface area contributed by atoms with Crippen molar-refractivity contribution in [3.05, 3.63) is 16.3 Å². The van der Waals surface area contributed by atoms with Gasteiger partial charge in [-0.1, -0.05) is 0 Å². The van der Waals surface area contributed by atoms with Crippen molar-refractivity contribution in [3.63, 3.8) is 0 Å². The first-order valence-electron chi connectivity index (χ1n) is 11.4. The van der Waals surface area contributed by atoms with Gasteiger partial charge in [-0.2, -0.15) is 0 Å². The standard InChI is InChI=1S/C22H34N6O2S/c1-4-23-19(29)15-26-6-5-7-28(9-8-26)21-20-16(2)17(3)31-22(20)25-18(24-21)14-27-10-12-30-13-11-27/h4-15H2,1-3H3,(H,23,29). The molecule has 0 spiro atoms. The van der Waals surface area contributed by atoms with E-state index in [1.807, 2.05) is 6.92 Å². The van der Waals surface area contributed by atoms with E-state index < -0.39 is 0 Å². The molecule has 0 saturated carbocycles. The van der Waals surface area contributed by atoms with Crippen LogP contribution in [0.4, 0.5) is 5.82 Å². The first-order valence-corrected chi connectivity index (χ1v) is 12.2. The molecule has 2 aliphatic heterocycles. The monoisotopic (exact) mass is 446 g/mol. The third-order valence-corrected chi connectivity index (χ3v) is 7.25. The number of thiophene rings is 1. The number of aromatic nitrogens is 2. The Morgan fingerprint density at radius 1 is 1.06 bits per heavy atom. The minimum atomic E-state index is 0.109. The molecule has 31 heavy (non-hydrogen) atoms. The van der Waals surface area contributed by atoms with E-state index in [1.54, 1.807) is 11.3 Å². The second kappa shape index (κ2) is 10.2. The van der Waals surface area contributed by atoms with Gasteiger partial charge in [-0.3, -0.25) is 14.6 Å². The van der Waals surface area contributed by atoms with Crippen molar-refractivity contribution in [2.75, 3.05) is 70.5 Å². The van der Waals surface area contributed by atoms with E-state index >= 15 is 0 Å². The number of ether oxygens (including phenoxy) is 1. The number of hydrogen-bond donors (Lipinski definition) is 1. The average molecular weight is 447 g/mol. The summed E-state index contributed by atoms with van der Waals surface area (Å²) in [5.74, 6) is 2.07. The fourth-order valence-corrected chi connectivity index (χ4v) is 5.37. The zero-order valence-electron chi connectivity index (χ0n) is 18.9. The minimum Gasteiger partial charge on any atom is -0.379 e. The number of hydrogen-bond acceptors (Lipinski definition) is 8. The Kier molecular flexibility index (Phi) is 7.37. The van der Waals surface area contributed by atoms with Crippen molar-refractivity contribution in [1.82, 2.24) is 25.1 Å². The summed E-state index contributed by atoms with van der Waals surface area (Å²) in [7, 11) is 0. The number of anilines is 1. The summed E-state index contributed by atoms with van der Waals surface area (Å²) >= 11 is 1.77. The Labute approximate surface area is 188 Å². The summed E-state index contributed by atoms with van der Waals surface area (Å²) < 4.78 is 5.49. The maximum absolute atomic E-state index is 12.0. The summed E-state index contributed by atoms with van der Waals surface area (Å²) in [6, 6.07) is 0. The number of likely N-dealkylation sites (N-methyl/N-ethyl adjacent to an activating group) is 1. The zero-order valence-corrected chi connectivity index (χ0v) is 19.8. The van der Waals surface area contributed by atoms with Crippen LogP contribution in [-0.2, 0) is 16.1 Å². The summed E-state index contributed by atoms with van der Waals surface area (Å²) in [6.45, 7) is 15.3. The summed E-state index contributed by atoms with van der Waals surface area (Å²) in [6.07, 6.45) is 1.02. The normalized spacial score (nSPS) is 19.0. The Morgan fingerprint density at radius 2 is 1.87 bits per heavy atom. The van der Waals surface area contributed by atoms with E-state index in [9.17, 15) is 4.79 Å². The molecule has 0 radical (unpaired) electrons. The van der Waals surface area contributed by atoms with Gasteiger partial charge in [0, 0.05) is 50.7 Å². The fraction of sp³-hybridized carbons (Fsp3) is 0.682. The van der Waals surface area contributed by atoms with E-state index in [0.29, 0.717) is 13.1 Å². The Balaban J connectivity index is 1.57. The molecule has 0 aliphatic carbocycles. The lowest BCUT2D eigenvalue weighted by Crippen LogP contribution is -2.39. The first-order chi connectivity index (χ1) is 15.0. The number of fused-ring (bicyclic) bond motifs is 1. The highest BCUT2D eigenvalue weighted by Crippen LogP contribution is 2.35. The number of amides is 1. The summed E-state index contributed by atoms with van der Waals surface area (Å²) in [5, 5.41) is 4.11. The SMILES string of the molecule is CCNC(=O)CN1CCCN(c2nc(CN3CCOCC3)nc3sc(C)c(C)c23)CC1. The van der Waals surface area contributed by atoms with Crippen LogP contribution in [0.1, 0.15) is 29.6 Å². The van der Waals surface area contributed by atoms with E-state index in [2.05, 4.69) is 33.9 Å². The molecule has 0 bridgehead atoms. The molecule has 1 N–H and O–H groups in total. The van der Waals surface area contributed by atoms with Gasteiger partial charge in [-0.25, -0.2) is 9.97 Å². The van der Waals surface area contributed by atoms with Crippen LogP contribution >= 0.6 is 11.3 Å². The van der Waals surface area contributed by atoms with Gasteiger partial charge in [0.05, 0.1) is 31.7 Å². The van der Waals surface area contributed by atoms with E-state index in [0.717, 1.165) is 81.9 Å². The molecule has 2 aromatic heterocycles. The number of carbonyl (C=O) groups excluding carboxylic acids is 1. The highest BCUT2D eigenvalue weighted by atomic mass is 32.1. The summed E-state index contributed by atoms with van der Waals surface area (Å²) in [5.41, 5.74) is 1.29. The number of nitrogens with zero attached hydrogens (tertiary/aromatic N) is 5. The lowest BCUT2D eigenvalue weighted by molar-refractivity contribution is -0.122. The van der Waals surface area contributed by atoms with Gasteiger partial charge in [0.1, 0.15) is 16.5 Å². The second-order valence-electron chi connectivity index (χ2n) is 8.39. The van der Waals surface area contributed by atoms with Crippen LogP contribution in [0.15, 0.2) is 0 Å². The number of carbonyl (C=O) groups is 1. The minimum absolute atomic E-state index is 0.109. The predicted octanol–water partition coefficient (Wildman–Crippen LogP) is 1.79. The van der Waals surface area contributed by atoms with Crippen LogP contribution in [0.3, 0.4) is 0 Å². The lowest BCUT2D eigenvalue weighted by Gasteiger charge is -2.27. The van der Waals surface area contributed by atoms with Gasteiger partial charge in [0.15, 0.2) is 0 Å². The molecule has 170 valence electrons. The van der Waals surface area contributed by atoms with Crippen LogP contribution in [-0.4, -0.2) is 91.2 Å². The number of rotatable bonds is 6. The number of aryl methyl sites for hydroxylation is 2. The molecule has 4 heterocycles. The van der Waals surface area contributed by atoms with Gasteiger partial charge < -0.3 is 15.0 Å². The van der Waals surface area contributed by atoms with Crippen LogP contribution in [0.25, 0.3) is 10.2 Å². The Hall–Kier alpha value is -1.81. The van der Waals surface area contributed by atoms with Gasteiger partial charge in [-0.05, 0) is 32.8 Å². The molecule has 2 aromatic rings. The van der Waals surface area contributed by atoms with Crippen molar-refractivity contribution in [1.29, 1.82) is 0 Å². The highest BCUT2D eigenvalue weighted by Gasteiger charge is 2.23. The maximum atomic E-state index is 12.0. The molecule has 0 atom stereocenters. The van der Waals surface area contributed by atoms with Gasteiger partial charge in [0.25, 0.3) is 0 Å². The average Bonchev–Trinajstić information content (AvgIpc) is 2.91. The molecule has 1 amide bonds. The van der Waals surface area contributed by atoms with E-state index in [-0.39, 0.29) is 5.91 Å². The zero-order chi connectivity index (χ0) is 21.8. The van der Waals surface area contributed by atoms with Crippen LogP contribution in [0, 0.1) is 13.8 Å². The molecule has 9 heteroatoms. The van der Waals surface area contributed by atoms with Gasteiger partial charge in [-0.15, -0.1) is 11.3 Å². The Morgan fingerprint density at radius 3 is 2.65 bits per heavy atom. The van der Waals surface area contributed by atoms with Crippen molar-refractivity contribution in [2.45, 2.75) is 33.7 Å². The predicted molar refractivity (Wildman–Crippen MR) is 125 cm³/mol. The van der Waals surface area contributed by atoms with Crippen molar-refractivity contribution in [2.24, 2.45) is 0 Å². The largest absolute Gasteiger partial charge is 0.379 e. The first kappa shape index (κ1) is 22.4. The molecule has 0 unspecified atom stereocenters. The van der Waals surface area contributed by atoms with Gasteiger partial charge in [0.2, 0.25) is 5.91 Å². The molecular weight excluding hydrogens is 412 g/mol. The third kappa shape index (κ3) is 5.34. The molecule has 2 saturated heterocycles. The van der Waals surface area contributed by atoms with E-state index in [1.165, 1.54) is 15.8 Å². The van der Waals surface area contributed by atoms with Crippen molar-refractivity contribution < 1.29 is 9.53 Å². The molecule has 2 fully saturated rings. The smallest absolute Gasteiger partial charge is 0.234 e. The van der Waals surface area contributed by atoms with Crippen LogP contribution in [0.5, 0.6) is 0 Å². The molecule has 2 aliphatic rings. The van der Waals surface area contributed by atoms with Crippen LogP contribution in [0.2, 0.25) is 0 Å². The number of morpholine rings is 1. The summed E-state index contributed by atoms with van der Waals surface area (Å²) in [4.78, 5) is 31.5. The quantitative estimate of drug-likeness (QED) is 0.725. The lowest BCUT2D eigenvalue weighted by atomic mass is 10.2. The van der Waals surface area contributed by atoms with E-state index in [4.69, 9.17) is 14.7 Å². The number of nitrogens with one attached hydrogen (secondary N) is 1. The second-order valence-corrected chi connectivity index (χ2v) is 9.59. The van der Waals surface area contributed by atoms with Crippen molar-refractivity contribution in [3.8, 4) is 0 Å². The third-order valence-electron chi connectivity index (χ3n) is 6.15. The molecule has 8 nitrogen and oxygen atoms in total. The van der Waals surface area contributed by atoms with Gasteiger partial charge >= 0.3 is 0 Å². The molecule has 0 aromatic carbocycles. The Bertz CT molecular complexity index is 911. The maximum Gasteiger partial charge on any atom is 0.234 e. The topological polar surface area (TPSA) is 73.8 Å². The van der Waals surface area contributed by atoms with Crippen LogP contribution < -0.4 is 10.2 Å². The molecule has 4 rings (SSSR count). The van der Waals surface area contributed by atoms with Crippen molar-refractivity contribution >= 4 is 33.3 Å². The highest BCUT2D eigenvalue weighted by molar-refractivity contribution is 7.18.